The minimum atomic E-state index is 1.10. The predicted molar refractivity (Wildman–Crippen MR) is 85.0 cm³/mol. The molecule has 88 valence electrons. The fourth-order valence-corrected chi connectivity index (χ4v) is 2.81. The van der Waals surface area contributed by atoms with Gasteiger partial charge in [-0.1, -0.05) is 46.9 Å². The minimum absolute atomic E-state index is 1.10. The van der Waals surface area contributed by atoms with Gasteiger partial charge in [-0.3, -0.25) is 4.90 Å². The summed E-state index contributed by atoms with van der Waals surface area (Å²) in [6.45, 7) is 5.86. The average Bonchev–Trinajstić information content (AvgIpc) is 2.33. The summed E-state index contributed by atoms with van der Waals surface area (Å²) in [7, 11) is 0. The van der Waals surface area contributed by atoms with Gasteiger partial charge in [-0.2, -0.15) is 0 Å². The Morgan fingerprint density at radius 1 is 0.938 bits per heavy atom. The van der Waals surface area contributed by atoms with Crippen LogP contribution in [0.25, 0.3) is 0 Å². The minimum Gasteiger partial charge on any atom is -0.296 e. The van der Waals surface area contributed by atoms with Crippen molar-refractivity contribution in [1.82, 2.24) is 8.01 Å². The summed E-state index contributed by atoms with van der Waals surface area (Å²) in [5.74, 6) is 0. The van der Waals surface area contributed by atoms with Gasteiger partial charge in [-0.15, -0.1) is 0 Å². The molecule has 1 aromatic carbocycles. The molecule has 1 saturated heterocycles. The van der Waals surface area contributed by atoms with Gasteiger partial charge in [0.05, 0.1) is 0 Å². The van der Waals surface area contributed by atoms with Crippen LogP contribution in [0.15, 0.2) is 24.3 Å². The molecule has 0 atom stereocenters. The van der Waals surface area contributed by atoms with Crippen molar-refractivity contribution >= 4 is 45.5 Å². The smallest absolute Gasteiger partial charge is 0.0247 e. The highest BCUT2D eigenvalue weighted by Crippen LogP contribution is 2.13. The maximum absolute atomic E-state index is 2.54. The van der Waals surface area contributed by atoms with Gasteiger partial charge in [0, 0.05) is 60.0 Å². The molecule has 1 aliphatic heterocycles. The van der Waals surface area contributed by atoms with E-state index in [0.717, 1.165) is 11.0 Å². The molecule has 0 radical (unpaired) electrons. The van der Waals surface area contributed by atoms with Crippen molar-refractivity contribution in [2.75, 3.05) is 26.2 Å². The highest BCUT2D eigenvalue weighted by atomic mass is 127. The van der Waals surface area contributed by atoms with Gasteiger partial charge in [-0.05, 0) is 11.1 Å². The number of benzene rings is 1. The van der Waals surface area contributed by atoms with Crippen LogP contribution in [0.4, 0.5) is 0 Å². The second-order valence-corrected chi connectivity index (χ2v) is 6.26. The van der Waals surface area contributed by atoms with Crippen molar-refractivity contribution in [2.24, 2.45) is 0 Å². The Morgan fingerprint density at radius 3 is 2.06 bits per heavy atom. The van der Waals surface area contributed by atoms with Crippen LogP contribution >= 0.6 is 45.5 Å². The van der Waals surface area contributed by atoms with Crippen molar-refractivity contribution in [3.8, 4) is 0 Å². The molecule has 0 aliphatic carbocycles. The van der Waals surface area contributed by atoms with Crippen LogP contribution in [-0.4, -0.2) is 34.2 Å². The Morgan fingerprint density at radius 2 is 1.50 bits per heavy atom. The Labute approximate surface area is 125 Å². The summed E-state index contributed by atoms with van der Waals surface area (Å²) in [6, 6.07) is 9.03. The van der Waals surface area contributed by atoms with E-state index in [0.29, 0.717) is 0 Å². The second kappa shape index (κ2) is 6.51. The first-order valence-corrected chi connectivity index (χ1v) is 8.04. The van der Waals surface area contributed by atoms with E-state index in [1.807, 2.05) is 0 Å². The summed E-state index contributed by atoms with van der Waals surface area (Å²) in [5.41, 5.74) is 2.86. The van der Waals surface area contributed by atoms with Crippen molar-refractivity contribution < 1.29 is 0 Å². The normalized spacial score (nSPS) is 18.9. The summed E-state index contributed by atoms with van der Waals surface area (Å²) in [4.78, 5) is 2.54. The fourth-order valence-electron chi connectivity index (χ4n) is 1.87. The molecule has 16 heavy (non-hydrogen) atoms. The molecule has 0 spiro atoms. The predicted octanol–water partition coefficient (Wildman–Crippen LogP) is 3.09. The molecule has 1 aliphatic rings. The van der Waals surface area contributed by atoms with Crippen LogP contribution < -0.4 is 0 Å². The quantitative estimate of drug-likeness (QED) is 0.404. The zero-order valence-corrected chi connectivity index (χ0v) is 13.5. The zero-order valence-electron chi connectivity index (χ0n) is 9.20. The number of nitrogens with zero attached hydrogens (tertiary/aromatic N) is 2. The maximum Gasteiger partial charge on any atom is 0.0247 e. The van der Waals surface area contributed by atoms with Gasteiger partial charge in [0.1, 0.15) is 0 Å². The molecule has 1 aromatic rings. The summed E-state index contributed by atoms with van der Waals surface area (Å²) < 4.78 is 3.47. The first-order valence-electron chi connectivity index (χ1n) is 5.55. The molecule has 2 rings (SSSR count). The Hall–Kier alpha value is 0.600. The number of hydrogen-bond donors (Lipinski definition) is 0. The van der Waals surface area contributed by atoms with E-state index >= 15 is 0 Å². The largest absolute Gasteiger partial charge is 0.296 e. The molecule has 0 amide bonds. The SMILES string of the molecule is ICc1ccc(CN2CCN(I)CC2)cc1. The van der Waals surface area contributed by atoms with E-state index in [9.17, 15) is 0 Å². The zero-order chi connectivity index (χ0) is 11.4. The Balaban J connectivity index is 1.88. The van der Waals surface area contributed by atoms with Crippen LogP contribution in [0.5, 0.6) is 0 Å². The van der Waals surface area contributed by atoms with Crippen molar-refractivity contribution in [1.29, 1.82) is 0 Å². The van der Waals surface area contributed by atoms with Crippen LogP contribution in [0.3, 0.4) is 0 Å². The van der Waals surface area contributed by atoms with Crippen LogP contribution in [0, 0.1) is 0 Å². The highest BCUT2D eigenvalue weighted by molar-refractivity contribution is 14.1. The van der Waals surface area contributed by atoms with E-state index in [1.165, 1.54) is 37.3 Å². The van der Waals surface area contributed by atoms with Crippen molar-refractivity contribution in [3.05, 3.63) is 35.4 Å². The topological polar surface area (TPSA) is 6.48 Å². The first kappa shape index (κ1) is 13.0. The number of halogens is 2. The van der Waals surface area contributed by atoms with Gasteiger partial charge in [0.25, 0.3) is 0 Å². The Bertz CT molecular complexity index is 318. The third kappa shape index (κ3) is 3.82. The third-order valence-electron chi connectivity index (χ3n) is 2.90. The molecule has 0 N–H and O–H groups in total. The fraction of sp³-hybridized carbons (Fsp3) is 0.500. The molecule has 1 fully saturated rings. The molecule has 2 nitrogen and oxygen atoms in total. The van der Waals surface area contributed by atoms with E-state index in [2.05, 4.69) is 77.7 Å². The molecule has 0 saturated carbocycles. The highest BCUT2D eigenvalue weighted by Gasteiger charge is 2.14. The number of rotatable bonds is 3. The lowest BCUT2D eigenvalue weighted by Gasteiger charge is -2.31. The van der Waals surface area contributed by atoms with Gasteiger partial charge >= 0.3 is 0 Å². The van der Waals surface area contributed by atoms with E-state index in [1.54, 1.807) is 0 Å². The Kier molecular flexibility index (Phi) is 5.31. The molecule has 1 heterocycles. The van der Waals surface area contributed by atoms with E-state index in [-0.39, 0.29) is 0 Å². The molecule has 0 aromatic heterocycles. The van der Waals surface area contributed by atoms with E-state index < -0.39 is 0 Å². The van der Waals surface area contributed by atoms with Gasteiger partial charge in [0.15, 0.2) is 0 Å². The molecule has 0 unspecified atom stereocenters. The monoisotopic (exact) mass is 442 g/mol. The summed E-state index contributed by atoms with van der Waals surface area (Å²) >= 11 is 4.82. The summed E-state index contributed by atoms with van der Waals surface area (Å²) in [6.07, 6.45) is 0. The lowest BCUT2D eigenvalue weighted by Crippen LogP contribution is -2.41. The van der Waals surface area contributed by atoms with Crippen LogP contribution in [0.1, 0.15) is 11.1 Å². The number of hydrogen-bond acceptors (Lipinski definition) is 2. The van der Waals surface area contributed by atoms with Crippen molar-refractivity contribution in [2.45, 2.75) is 11.0 Å². The molecule has 4 heteroatoms. The van der Waals surface area contributed by atoms with E-state index in [4.69, 9.17) is 0 Å². The number of alkyl halides is 1. The second-order valence-electron chi connectivity index (χ2n) is 4.14. The lowest BCUT2D eigenvalue weighted by molar-refractivity contribution is 0.198. The molecule has 0 bridgehead atoms. The molecular weight excluding hydrogens is 426 g/mol. The standard InChI is InChI=1S/C12H16I2N2/c13-9-11-1-3-12(4-2-11)10-15-5-7-16(14)8-6-15/h1-4H,5-10H2. The van der Waals surface area contributed by atoms with Gasteiger partial charge in [-0.25, -0.2) is 3.11 Å². The maximum atomic E-state index is 2.54. The van der Waals surface area contributed by atoms with Gasteiger partial charge in [0.2, 0.25) is 0 Å². The van der Waals surface area contributed by atoms with Crippen molar-refractivity contribution in [3.63, 3.8) is 0 Å². The third-order valence-corrected chi connectivity index (χ3v) is 4.75. The van der Waals surface area contributed by atoms with Crippen LogP contribution in [-0.2, 0) is 11.0 Å². The molecular formula is C12H16I2N2. The summed E-state index contributed by atoms with van der Waals surface area (Å²) in [5, 5.41) is 0. The lowest BCUT2D eigenvalue weighted by atomic mass is 10.1. The van der Waals surface area contributed by atoms with Gasteiger partial charge < -0.3 is 0 Å². The number of piperazine rings is 1. The first-order chi connectivity index (χ1) is 7.78. The average molecular weight is 442 g/mol. The van der Waals surface area contributed by atoms with Crippen LogP contribution in [0.2, 0.25) is 0 Å².